The number of nitrogens with zero attached hydrogens (tertiary/aromatic N) is 3. The molecule has 1 aliphatic heterocycles. The summed E-state index contributed by atoms with van der Waals surface area (Å²) in [6.07, 6.45) is 0. The van der Waals surface area contributed by atoms with E-state index in [4.69, 9.17) is 21.3 Å². The number of benzene rings is 1. The number of nitrogens with one attached hydrogen (secondary N) is 2. The van der Waals surface area contributed by atoms with Crippen molar-refractivity contribution in [3.8, 4) is 0 Å². The lowest BCUT2D eigenvalue weighted by Crippen LogP contribution is -2.46. The van der Waals surface area contributed by atoms with Crippen molar-refractivity contribution in [2.75, 3.05) is 39.4 Å². The molecule has 1 fully saturated rings. The van der Waals surface area contributed by atoms with E-state index in [1.54, 1.807) is 11.3 Å². The van der Waals surface area contributed by atoms with Crippen LogP contribution in [0.25, 0.3) is 0 Å². The summed E-state index contributed by atoms with van der Waals surface area (Å²) in [5, 5.41) is 8.68. The maximum absolute atomic E-state index is 6.53. The number of aliphatic imine (C=N–C) groups is 1. The summed E-state index contributed by atoms with van der Waals surface area (Å²) in [4.78, 5) is 13.0. The number of hydrogen-bond acceptors (Lipinski definition) is 5. The minimum atomic E-state index is 0. The molecule has 1 unspecified atom stereocenters. The Morgan fingerprint density at radius 1 is 1.27 bits per heavy atom. The average molecular weight is 564 g/mol. The molecule has 0 bridgehead atoms. The van der Waals surface area contributed by atoms with Gasteiger partial charge in [0.25, 0.3) is 0 Å². The standard InChI is InChI=1S/C21H30ClN5OS.HI/c1-4-23-21(25-14-20-26-15(2)16(3)29-20)24-13-19(27-9-11-28-12-10-27)17-7-5-6-8-18(17)22;/h5-8,19H,4,9-14H2,1-3H3,(H2,23,24,25);1H. The van der Waals surface area contributed by atoms with Crippen molar-refractivity contribution in [3.05, 3.63) is 50.4 Å². The predicted molar refractivity (Wildman–Crippen MR) is 136 cm³/mol. The van der Waals surface area contributed by atoms with Crippen LogP contribution in [0.3, 0.4) is 0 Å². The lowest BCUT2D eigenvalue weighted by atomic mass is 10.0. The third kappa shape index (κ3) is 7.05. The highest BCUT2D eigenvalue weighted by Crippen LogP contribution is 2.27. The molecule has 0 amide bonds. The molecule has 30 heavy (non-hydrogen) atoms. The van der Waals surface area contributed by atoms with Gasteiger partial charge >= 0.3 is 0 Å². The molecule has 1 aromatic heterocycles. The molecular weight excluding hydrogens is 533 g/mol. The van der Waals surface area contributed by atoms with E-state index in [9.17, 15) is 0 Å². The fraction of sp³-hybridized carbons (Fsp3) is 0.524. The Labute approximate surface area is 205 Å². The number of thiazole rings is 1. The molecule has 1 aromatic carbocycles. The third-order valence-corrected chi connectivity index (χ3v) is 6.40. The number of ether oxygens (including phenoxy) is 1. The summed E-state index contributed by atoms with van der Waals surface area (Å²) in [6, 6.07) is 8.23. The van der Waals surface area contributed by atoms with Gasteiger partial charge in [0, 0.05) is 36.1 Å². The number of guanidine groups is 1. The highest BCUT2D eigenvalue weighted by molar-refractivity contribution is 14.0. The SMILES string of the molecule is CCNC(=NCc1nc(C)c(C)s1)NCC(c1ccccc1Cl)N1CCOCC1.I. The minimum absolute atomic E-state index is 0. The Bertz CT molecular complexity index is 806. The molecule has 0 saturated carbocycles. The zero-order chi connectivity index (χ0) is 20.6. The van der Waals surface area contributed by atoms with Crippen LogP contribution in [0.2, 0.25) is 5.02 Å². The molecular formula is C21H31ClIN5OS. The lowest BCUT2D eigenvalue weighted by molar-refractivity contribution is 0.0170. The molecule has 6 nitrogen and oxygen atoms in total. The molecule has 166 valence electrons. The van der Waals surface area contributed by atoms with Gasteiger partial charge < -0.3 is 15.4 Å². The smallest absolute Gasteiger partial charge is 0.191 e. The third-order valence-electron chi connectivity index (χ3n) is 5.00. The highest BCUT2D eigenvalue weighted by Gasteiger charge is 2.24. The van der Waals surface area contributed by atoms with E-state index in [0.29, 0.717) is 13.1 Å². The maximum atomic E-state index is 6.53. The second-order valence-corrected chi connectivity index (χ2v) is 8.71. The summed E-state index contributed by atoms with van der Waals surface area (Å²) in [5.41, 5.74) is 2.22. The summed E-state index contributed by atoms with van der Waals surface area (Å²) in [7, 11) is 0. The van der Waals surface area contributed by atoms with E-state index in [-0.39, 0.29) is 30.0 Å². The van der Waals surface area contributed by atoms with Crippen LogP contribution in [0.4, 0.5) is 0 Å². The first-order valence-electron chi connectivity index (χ1n) is 10.1. The zero-order valence-electron chi connectivity index (χ0n) is 17.8. The number of aryl methyl sites for hydroxylation is 2. The van der Waals surface area contributed by atoms with Gasteiger partial charge in [-0.25, -0.2) is 9.98 Å². The van der Waals surface area contributed by atoms with Crippen molar-refractivity contribution in [1.82, 2.24) is 20.5 Å². The van der Waals surface area contributed by atoms with Gasteiger partial charge in [-0.15, -0.1) is 35.3 Å². The van der Waals surface area contributed by atoms with E-state index in [1.807, 2.05) is 25.1 Å². The first-order chi connectivity index (χ1) is 14.1. The second kappa shape index (κ2) is 12.8. The van der Waals surface area contributed by atoms with Crippen LogP contribution in [-0.4, -0.2) is 55.2 Å². The first-order valence-corrected chi connectivity index (χ1v) is 11.3. The van der Waals surface area contributed by atoms with Crippen LogP contribution < -0.4 is 10.6 Å². The highest BCUT2D eigenvalue weighted by atomic mass is 127. The molecule has 1 atom stereocenters. The Morgan fingerprint density at radius 3 is 2.63 bits per heavy atom. The molecule has 2 N–H and O–H groups in total. The fourth-order valence-corrected chi connectivity index (χ4v) is 4.48. The quantitative estimate of drug-likeness (QED) is 0.301. The van der Waals surface area contributed by atoms with E-state index in [2.05, 4.69) is 40.4 Å². The van der Waals surface area contributed by atoms with Crippen LogP contribution in [0.15, 0.2) is 29.3 Å². The Morgan fingerprint density at radius 2 is 2.00 bits per heavy atom. The number of halogens is 2. The Kier molecular flexibility index (Phi) is 10.8. The molecule has 3 rings (SSSR count). The van der Waals surface area contributed by atoms with Gasteiger partial charge in [0.15, 0.2) is 5.96 Å². The summed E-state index contributed by atoms with van der Waals surface area (Å²) >= 11 is 8.24. The predicted octanol–water partition coefficient (Wildman–Crippen LogP) is 4.16. The van der Waals surface area contributed by atoms with Crippen molar-refractivity contribution < 1.29 is 4.74 Å². The molecule has 0 aliphatic carbocycles. The van der Waals surface area contributed by atoms with Gasteiger partial charge in [-0.3, -0.25) is 4.90 Å². The van der Waals surface area contributed by atoms with Gasteiger partial charge in [-0.05, 0) is 32.4 Å². The molecule has 1 aliphatic rings. The summed E-state index contributed by atoms with van der Waals surface area (Å²) < 4.78 is 5.54. The fourth-order valence-electron chi connectivity index (χ4n) is 3.36. The van der Waals surface area contributed by atoms with Gasteiger partial charge in [-0.2, -0.15) is 0 Å². The normalized spacial score (nSPS) is 16.1. The van der Waals surface area contributed by atoms with Crippen LogP contribution in [0.5, 0.6) is 0 Å². The minimum Gasteiger partial charge on any atom is -0.379 e. The van der Waals surface area contributed by atoms with Crippen LogP contribution in [0.1, 0.15) is 34.1 Å². The van der Waals surface area contributed by atoms with Crippen molar-refractivity contribution in [1.29, 1.82) is 0 Å². The van der Waals surface area contributed by atoms with Gasteiger partial charge in [0.05, 0.1) is 31.5 Å². The number of rotatable bonds is 7. The summed E-state index contributed by atoms with van der Waals surface area (Å²) in [6.45, 7) is 11.6. The monoisotopic (exact) mass is 563 g/mol. The van der Waals surface area contributed by atoms with E-state index < -0.39 is 0 Å². The van der Waals surface area contributed by atoms with Gasteiger partial charge in [-0.1, -0.05) is 29.8 Å². The van der Waals surface area contributed by atoms with Crippen LogP contribution in [0, 0.1) is 13.8 Å². The topological polar surface area (TPSA) is 61.8 Å². The first kappa shape index (κ1) is 25.3. The molecule has 9 heteroatoms. The molecule has 1 saturated heterocycles. The van der Waals surface area contributed by atoms with Crippen LogP contribution >= 0.6 is 46.9 Å². The lowest BCUT2D eigenvalue weighted by Gasteiger charge is -2.35. The van der Waals surface area contributed by atoms with Crippen molar-refractivity contribution in [2.24, 2.45) is 4.99 Å². The van der Waals surface area contributed by atoms with Crippen molar-refractivity contribution >= 4 is 52.9 Å². The zero-order valence-corrected chi connectivity index (χ0v) is 21.7. The van der Waals surface area contributed by atoms with Gasteiger partial charge in [0.1, 0.15) is 5.01 Å². The molecule has 0 spiro atoms. The maximum Gasteiger partial charge on any atom is 0.191 e. The van der Waals surface area contributed by atoms with Crippen LogP contribution in [-0.2, 0) is 11.3 Å². The van der Waals surface area contributed by atoms with E-state index in [1.165, 1.54) is 4.88 Å². The average Bonchev–Trinajstić information content (AvgIpc) is 3.05. The number of aromatic nitrogens is 1. The summed E-state index contributed by atoms with van der Waals surface area (Å²) in [5.74, 6) is 0.795. The largest absolute Gasteiger partial charge is 0.379 e. The Balaban J connectivity index is 0.00000320. The van der Waals surface area contributed by atoms with E-state index in [0.717, 1.165) is 60.1 Å². The number of hydrogen-bond donors (Lipinski definition) is 2. The van der Waals surface area contributed by atoms with Crippen molar-refractivity contribution in [2.45, 2.75) is 33.4 Å². The second-order valence-electron chi connectivity index (χ2n) is 7.01. The van der Waals surface area contributed by atoms with Crippen molar-refractivity contribution in [3.63, 3.8) is 0 Å². The molecule has 2 aromatic rings. The number of morpholine rings is 1. The molecule has 2 heterocycles. The Hall–Kier alpha value is -0.940. The van der Waals surface area contributed by atoms with E-state index >= 15 is 0 Å². The van der Waals surface area contributed by atoms with Gasteiger partial charge in [0.2, 0.25) is 0 Å². The molecule has 0 radical (unpaired) electrons.